The van der Waals surface area contributed by atoms with E-state index in [1.54, 1.807) is 6.92 Å². The summed E-state index contributed by atoms with van der Waals surface area (Å²) >= 11 is 0. The fourth-order valence-electron chi connectivity index (χ4n) is 0.0957. The molecule has 6 heteroatoms. The maximum Gasteiger partial charge on any atom is 0.728 e. The van der Waals surface area contributed by atoms with Crippen LogP contribution >= 0.6 is 8.25 Å². The fraction of sp³-hybridized carbons (Fsp3) is 1.00. The Morgan fingerprint density at radius 2 is 2.38 bits per heavy atom. The van der Waals surface area contributed by atoms with Gasteiger partial charge in [0, 0.05) is 4.57 Å². The van der Waals surface area contributed by atoms with E-state index in [9.17, 15) is 4.57 Å². The fourth-order valence-corrected chi connectivity index (χ4v) is 0.191. The van der Waals surface area contributed by atoms with Crippen molar-refractivity contribution in [2.75, 3.05) is 6.61 Å². The van der Waals surface area contributed by atoms with Gasteiger partial charge in [-0.05, 0) is 12.0 Å². The van der Waals surface area contributed by atoms with Crippen molar-refractivity contribution in [3.63, 3.8) is 0 Å². The summed E-state index contributed by atoms with van der Waals surface area (Å²) in [6.45, 7) is 1.91. The second-order valence-electron chi connectivity index (χ2n) is 0.787. The average Bonchev–Trinajstić information content (AvgIpc) is 1.66. The molecule has 0 amide bonds. The second-order valence-corrected chi connectivity index (χ2v) is 1.41. The van der Waals surface area contributed by atoms with Crippen LogP contribution in [-0.2, 0) is 19.2 Å². The van der Waals surface area contributed by atoms with Crippen LogP contribution in [0, 0.1) is 0 Å². The molecule has 0 fully saturated rings. The molecule has 0 heterocycles. The zero-order valence-corrected chi connectivity index (χ0v) is 5.13. The normalized spacial score (nSPS) is 11.5. The van der Waals surface area contributed by atoms with Crippen molar-refractivity contribution in [2.24, 2.45) is 0 Å². The molecule has 0 aliphatic carbocycles. The van der Waals surface area contributed by atoms with E-state index in [1.165, 1.54) is 0 Å². The maximum atomic E-state index is 9.60. The van der Waals surface area contributed by atoms with Gasteiger partial charge in [0.1, 0.15) is 0 Å². The van der Waals surface area contributed by atoms with E-state index in [4.69, 9.17) is 4.89 Å². The van der Waals surface area contributed by atoms with Crippen LogP contribution < -0.4 is 0 Å². The van der Waals surface area contributed by atoms with Crippen LogP contribution in [0.5, 0.6) is 0 Å². The third-order valence-electron chi connectivity index (χ3n) is 0.260. The SMILES string of the molecule is CCOOO[P+](=O)O. The summed E-state index contributed by atoms with van der Waals surface area (Å²) in [6, 6.07) is 0. The standard InChI is InChI=1S/C2H5O5P/c1-2-5-6-7-8(3)4/h2H2,1H3/p+1. The van der Waals surface area contributed by atoms with Crippen molar-refractivity contribution in [2.45, 2.75) is 6.92 Å². The number of hydrogen-bond donors (Lipinski definition) is 1. The van der Waals surface area contributed by atoms with Crippen LogP contribution in [0.1, 0.15) is 6.92 Å². The van der Waals surface area contributed by atoms with Crippen molar-refractivity contribution in [1.82, 2.24) is 0 Å². The van der Waals surface area contributed by atoms with E-state index in [2.05, 4.69) is 14.6 Å². The lowest BCUT2D eigenvalue weighted by molar-refractivity contribution is -0.465. The Bertz CT molecular complexity index is 72.8. The molecule has 5 nitrogen and oxygen atoms in total. The summed E-state index contributed by atoms with van der Waals surface area (Å²) in [4.78, 5) is 11.9. The van der Waals surface area contributed by atoms with Gasteiger partial charge >= 0.3 is 8.25 Å². The highest BCUT2D eigenvalue weighted by Crippen LogP contribution is 2.13. The summed E-state index contributed by atoms with van der Waals surface area (Å²) in [5.41, 5.74) is 0. The first-order valence-electron chi connectivity index (χ1n) is 1.89. The van der Waals surface area contributed by atoms with Gasteiger partial charge in [-0.25, -0.2) is 4.89 Å². The lowest BCUT2D eigenvalue weighted by Gasteiger charge is -1.85. The predicted molar refractivity (Wildman–Crippen MR) is 23.6 cm³/mol. The van der Waals surface area contributed by atoms with Crippen LogP contribution in [0.3, 0.4) is 0 Å². The monoisotopic (exact) mass is 141 g/mol. The van der Waals surface area contributed by atoms with E-state index in [1.807, 2.05) is 0 Å². The van der Waals surface area contributed by atoms with Crippen LogP contribution in [0.15, 0.2) is 0 Å². The predicted octanol–water partition coefficient (Wildman–Crippen LogP) is 0.536. The minimum absolute atomic E-state index is 0.267. The molecule has 8 heavy (non-hydrogen) atoms. The van der Waals surface area contributed by atoms with Crippen molar-refractivity contribution in [1.29, 1.82) is 0 Å². The molecular weight excluding hydrogens is 135 g/mol. The molecule has 0 aliphatic rings. The summed E-state index contributed by atoms with van der Waals surface area (Å²) in [6.07, 6.45) is 0. The minimum atomic E-state index is -2.71. The second kappa shape index (κ2) is 5.08. The minimum Gasteiger partial charge on any atom is -0.203 e. The van der Waals surface area contributed by atoms with Crippen molar-refractivity contribution in [3.05, 3.63) is 0 Å². The van der Waals surface area contributed by atoms with Crippen molar-refractivity contribution in [3.8, 4) is 0 Å². The van der Waals surface area contributed by atoms with Crippen LogP contribution in [0.2, 0.25) is 0 Å². The van der Waals surface area contributed by atoms with E-state index >= 15 is 0 Å². The number of hydrogen-bond acceptors (Lipinski definition) is 4. The van der Waals surface area contributed by atoms with E-state index in [0.717, 1.165) is 0 Å². The molecule has 0 bridgehead atoms. The Labute approximate surface area is 47.0 Å². The van der Waals surface area contributed by atoms with Gasteiger partial charge in [-0.1, -0.05) is 0 Å². The van der Waals surface area contributed by atoms with Crippen LogP contribution in [-0.4, -0.2) is 11.5 Å². The average molecular weight is 141 g/mol. The van der Waals surface area contributed by atoms with Gasteiger partial charge in [0.15, 0.2) is 0 Å². The number of rotatable bonds is 4. The van der Waals surface area contributed by atoms with Gasteiger partial charge in [-0.2, -0.15) is 0 Å². The Morgan fingerprint density at radius 3 is 2.75 bits per heavy atom. The first-order chi connectivity index (χ1) is 3.77. The molecule has 1 unspecified atom stereocenters. The summed E-state index contributed by atoms with van der Waals surface area (Å²) < 4.78 is 13.2. The molecule has 0 saturated carbocycles. The zero-order valence-electron chi connectivity index (χ0n) is 4.23. The lowest BCUT2D eigenvalue weighted by atomic mass is 10.9. The summed E-state index contributed by atoms with van der Waals surface area (Å²) in [5, 5.41) is 3.71. The van der Waals surface area contributed by atoms with Crippen LogP contribution in [0.25, 0.3) is 0 Å². The quantitative estimate of drug-likeness (QED) is 0.268. The highest BCUT2D eigenvalue weighted by Gasteiger charge is 2.13. The first kappa shape index (κ1) is 7.94. The molecule has 0 aromatic heterocycles. The third-order valence-corrected chi connectivity index (χ3v) is 0.449. The van der Waals surface area contributed by atoms with E-state index in [-0.39, 0.29) is 6.61 Å². The molecule has 0 rings (SSSR count). The molecular formula is C2H6O5P+. The maximum absolute atomic E-state index is 9.60. The van der Waals surface area contributed by atoms with Crippen LogP contribution in [0.4, 0.5) is 0 Å². The van der Waals surface area contributed by atoms with Gasteiger partial charge < -0.3 is 0 Å². The first-order valence-corrected chi connectivity index (χ1v) is 3.02. The Hall–Kier alpha value is -0.0600. The lowest BCUT2D eigenvalue weighted by Crippen LogP contribution is -1.88. The molecule has 0 aromatic carbocycles. The third kappa shape index (κ3) is 5.94. The van der Waals surface area contributed by atoms with Gasteiger partial charge in [0.25, 0.3) is 0 Å². The summed E-state index contributed by atoms with van der Waals surface area (Å²) in [5.74, 6) is 0. The summed E-state index contributed by atoms with van der Waals surface area (Å²) in [7, 11) is -2.71. The highest BCUT2D eigenvalue weighted by atomic mass is 31.1. The van der Waals surface area contributed by atoms with Gasteiger partial charge in [-0.15, -0.1) is 4.89 Å². The molecule has 0 aliphatic heterocycles. The molecule has 1 N–H and O–H groups in total. The highest BCUT2D eigenvalue weighted by molar-refractivity contribution is 7.31. The Kier molecular flexibility index (Phi) is 5.05. The van der Waals surface area contributed by atoms with Gasteiger partial charge in [0.05, 0.1) is 11.3 Å². The Morgan fingerprint density at radius 1 is 1.75 bits per heavy atom. The van der Waals surface area contributed by atoms with E-state index < -0.39 is 8.25 Å². The van der Waals surface area contributed by atoms with E-state index in [0.29, 0.717) is 0 Å². The topological polar surface area (TPSA) is 65.0 Å². The zero-order chi connectivity index (χ0) is 6.41. The molecule has 0 radical (unpaired) electrons. The molecule has 0 saturated heterocycles. The van der Waals surface area contributed by atoms with Crippen molar-refractivity contribution >= 4 is 8.25 Å². The molecule has 0 spiro atoms. The Balaban J connectivity index is 2.82. The van der Waals surface area contributed by atoms with Gasteiger partial charge in [0.2, 0.25) is 0 Å². The molecule has 48 valence electrons. The molecule has 1 atom stereocenters. The largest absolute Gasteiger partial charge is 0.728 e. The smallest absolute Gasteiger partial charge is 0.203 e. The van der Waals surface area contributed by atoms with Gasteiger partial charge in [-0.3, -0.25) is 0 Å². The van der Waals surface area contributed by atoms with Crippen molar-refractivity contribution < 1.29 is 24.1 Å². The molecule has 0 aromatic rings.